The minimum absolute atomic E-state index is 0.0171. The lowest BCUT2D eigenvalue weighted by Gasteiger charge is -2.06. The van der Waals surface area contributed by atoms with Crippen LogP contribution in [0.25, 0.3) is 0 Å². The number of hydrogen-bond acceptors (Lipinski definition) is 4. The summed E-state index contributed by atoms with van der Waals surface area (Å²) in [6, 6.07) is 14.1. The highest BCUT2D eigenvalue weighted by molar-refractivity contribution is 6.06. The van der Waals surface area contributed by atoms with E-state index in [2.05, 4.69) is 10.6 Å². The number of anilines is 1. The molecule has 122 valence electrons. The second-order valence-electron chi connectivity index (χ2n) is 5.01. The molecule has 0 aliphatic heterocycles. The van der Waals surface area contributed by atoms with Gasteiger partial charge in [-0.25, -0.2) is 4.39 Å². The van der Waals surface area contributed by atoms with E-state index < -0.39 is 5.91 Å². The summed E-state index contributed by atoms with van der Waals surface area (Å²) in [5, 5.41) is 23.8. The van der Waals surface area contributed by atoms with Crippen LogP contribution in [-0.2, 0) is 11.2 Å². The predicted molar refractivity (Wildman–Crippen MR) is 88.5 cm³/mol. The van der Waals surface area contributed by atoms with E-state index in [4.69, 9.17) is 5.26 Å². The fourth-order valence-corrected chi connectivity index (χ4v) is 2.01. The molecule has 0 aliphatic rings. The van der Waals surface area contributed by atoms with Crippen LogP contribution in [-0.4, -0.2) is 17.6 Å². The molecule has 0 aliphatic carbocycles. The molecule has 6 heteroatoms. The number of hydrogen-bond donors (Lipinski definition) is 3. The van der Waals surface area contributed by atoms with Gasteiger partial charge in [0.1, 0.15) is 23.2 Å². The molecule has 0 unspecified atom stereocenters. The van der Waals surface area contributed by atoms with Gasteiger partial charge in [0.2, 0.25) is 0 Å². The first-order valence-electron chi connectivity index (χ1n) is 7.27. The zero-order valence-corrected chi connectivity index (χ0v) is 12.8. The summed E-state index contributed by atoms with van der Waals surface area (Å²) in [6.45, 7) is 0.452. The van der Waals surface area contributed by atoms with Gasteiger partial charge in [0.05, 0.1) is 0 Å². The van der Waals surface area contributed by atoms with Gasteiger partial charge in [-0.1, -0.05) is 18.2 Å². The SMILES string of the molecule is N#C/C(=C/NCCc1cccc(F)c1)C(=O)Nc1cccc(O)c1. The lowest BCUT2D eigenvalue weighted by Crippen LogP contribution is -2.18. The number of benzene rings is 2. The third kappa shape index (κ3) is 5.14. The van der Waals surface area contributed by atoms with Gasteiger partial charge in [0, 0.05) is 24.5 Å². The maximum absolute atomic E-state index is 13.1. The summed E-state index contributed by atoms with van der Waals surface area (Å²) in [4.78, 5) is 12.0. The molecule has 0 saturated heterocycles. The monoisotopic (exact) mass is 325 g/mol. The van der Waals surface area contributed by atoms with Crippen LogP contribution in [0.3, 0.4) is 0 Å². The van der Waals surface area contributed by atoms with Crippen molar-refractivity contribution in [3.05, 3.63) is 71.7 Å². The number of nitrogens with one attached hydrogen (secondary N) is 2. The molecule has 3 N–H and O–H groups in total. The first kappa shape index (κ1) is 17.0. The Bertz CT molecular complexity index is 797. The number of phenols is 1. The first-order chi connectivity index (χ1) is 11.6. The van der Waals surface area contributed by atoms with Crippen molar-refractivity contribution in [2.75, 3.05) is 11.9 Å². The van der Waals surface area contributed by atoms with Gasteiger partial charge in [-0.15, -0.1) is 0 Å². The van der Waals surface area contributed by atoms with Crippen LogP contribution in [0.5, 0.6) is 5.75 Å². The third-order valence-electron chi connectivity index (χ3n) is 3.16. The van der Waals surface area contributed by atoms with E-state index in [1.54, 1.807) is 24.3 Å². The number of aromatic hydroxyl groups is 1. The zero-order chi connectivity index (χ0) is 17.4. The third-order valence-corrected chi connectivity index (χ3v) is 3.16. The fourth-order valence-electron chi connectivity index (χ4n) is 2.01. The number of nitrogens with zero attached hydrogens (tertiary/aromatic N) is 1. The highest BCUT2D eigenvalue weighted by Gasteiger charge is 2.09. The van der Waals surface area contributed by atoms with Crippen molar-refractivity contribution in [2.45, 2.75) is 6.42 Å². The van der Waals surface area contributed by atoms with Crippen molar-refractivity contribution in [2.24, 2.45) is 0 Å². The summed E-state index contributed by atoms with van der Waals surface area (Å²) < 4.78 is 13.1. The smallest absolute Gasteiger partial charge is 0.267 e. The van der Waals surface area contributed by atoms with Gasteiger partial charge in [0.15, 0.2) is 0 Å². The van der Waals surface area contributed by atoms with E-state index in [1.807, 2.05) is 6.07 Å². The summed E-state index contributed by atoms with van der Waals surface area (Å²) in [7, 11) is 0. The first-order valence-corrected chi connectivity index (χ1v) is 7.27. The average Bonchev–Trinajstić information content (AvgIpc) is 2.55. The fraction of sp³-hybridized carbons (Fsp3) is 0.111. The Labute approximate surface area is 139 Å². The van der Waals surface area contributed by atoms with Gasteiger partial charge < -0.3 is 15.7 Å². The van der Waals surface area contributed by atoms with Crippen molar-refractivity contribution in [1.82, 2.24) is 5.32 Å². The van der Waals surface area contributed by atoms with Crippen LogP contribution in [0.1, 0.15) is 5.56 Å². The second kappa shape index (κ2) is 8.34. The van der Waals surface area contributed by atoms with Crippen LogP contribution in [0.4, 0.5) is 10.1 Å². The van der Waals surface area contributed by atoms with Crippen molar-refractivity contribution >= 4 is 11.6 Å². The van der Waals surface area contributed by atoms with Crippen LogP contribution in [0.2, 0.25) is 0 Å². The highest BCUT2D eigenvalue weighted by atomic mass is 19.1. The predicted octanol–water partition coefficient (Wildman–Crippen LogP) is 2.71. The molecule has 0 saturated carbocycles. The van der Waals surface area contributed by atoms with Gasteiger partial charge >= 0.3 is 0 Å². The summed E-state index contributed by atoms with van der Waals surface area (Å²) in [5.41, 5.74) is 1.11. The number of halogens is 1. The topological polar surface area (TPSA) is 85.2 Å². The van der Waals surface area contributed by atoms with Crippen molar-refractivity contribution in [3.8, 4) is 11.8 Å². The normalized spacial score (nSPS) is 10.8. The Morgan fingerprint density at radius 2 is 2.04 bits per heavy atom. The highest BCUT2D eigenvalue weighted by Crippen LogP contribution is 2.15. The molecule has 0 atom stereocenters. The minimum Gasteiger partial charge on any atom is -0.508 e. The van der Waals surface area contributed by atoms with Crippen molar-refractivity contribution < 1.29 is 14.3 Å². The summed E-state index contributed by atoms with van der Waals surface area (Å²) in [5.74, 6) is -0.865. The molecule has 5 nitrogen and oxygen atoms in total. The van der Waals surface area contributed by atoms with E-state index >= 15 is 0 Å². The zero-order valence-electron chi connectivity index (χ0n) is 12.8. The second-order valence-corrected chi connectivity index (χ2v) is 5.01. The molecule has 2 aromatic carbocycles. The molecular formula is C18H16FN3O2. The van der Waals surface area contributed by atoms with E-state index in [9.17, 15) is 14.3 Å². The maximum atomic E-state index is 13.1. The Hall–Kier alpha value is -3.33. The number of rotatable bonds is 6. The van der Waals surface area contributed by atoms with Crippen LogP contribution >= 0.6 is 0 Å². The number of phenolic OH excluding ortho intramolecular Hbond substituents is 1. The maximum Gasteiger partial charge on any atom is 0.267 e. The molecule has 0 aromatic heterocycles. The number of nitriles is 1. The summed E-state index contributed by atoms with van der Waals surface area (Å²) in [6.07, 6.45) is 1.87. The lowest BCUT2D eigenvalue weighted by atomic mass is 10.1. The Balaban J connectivity index is 1.89. The van der Waals surface area contributed by atoms with Crippen LogP contribution < -0.4 is 10.6 Å². The number of carbonyl (C=O) groups is 1. The van der Waals surface area contributed by atoms with E-state index in [1.165, 1.54) is 30.5 Å². The van der Waals surface area contributed by atoms with Gasteiger partial charge in [-0.3, -0.25) is 4.79 Å². The molecule has 0 fully saturated rings. The van der Waals surface area contributed by atoms with E-state index in [0.717, 1.165) is 5.56 Å². The molecular weight excluding hydrogens is 309 g/mol. The van der Waals surface area contributed by atoms with Gasteiger partial charge in [-0.2, -0.15) is 5.26 Å². The quantitative estimate of drug-likeness (QED) is 0.433. The van der Waals surface area contributed by atoms with Gasteiger partial charge in [-0.05, 0) is 36.2 Å². The average molecular weight is 325 g/mol. The van der Waals surface area contributed by atoms with E-state index in [-0.39, 0.29) is 17.1 Å². The Morgan fingerprint density at radius 3 is 2.75 bits per heavy atom. The van der Waals surface area contributed by atoms with Crippen molar-refractivity contribution in [1.29, 1.82) is 5.26 Å². The molecule has 0 spiro atoms. The van der Waals surface area contributed by atoms with Crippen LogP contribution in [0, 0.1) is 17.1 Å². The standard InChI is InChI=1S/C18H16FN3O2/c19-15-4-1-3-13(9-15)7-8-21-12-14(11-20)18(24)22-16-5-2-6-17(23)10-16/h1-6,9-10,12,21,23H,7-8H2,(H,22,24)/b14-12-. The molecule has 2 rings (SSSR count). The van der Waals surface area contributed by atoms with Crippen molar-refractivity contribution in [3.63, 3.8) is 0 Å². The largest absolute Gasteiger partial charge is 0.508 e. The Morgan fingerprint density at radius 1 is 1.25 bits per heavy atom. The Kier molecular flexibility index (Phi) is 5.92. The van der Waals surface area contributed by atoms with E-state index in [0.29, 0.717) is 18.7 Å². The molecule has 24 heavy (non-hydrogen) atoms. The summed E-state index contributed by atoms with van der Waals surface area (Å²) >= 11 is 0. The molecule has 2 aromatic rings. The lowest BCUT2D eigenvalue weighted by molar-refractivity contribution is -0.112. The molecule has 0 radical (unpaired) electrons. The van der Waals surface area contributed by atoms with Gasteiger partial charge in [0.25, 0.3) is 5.91 Å². The molecule has 0 bridgehead atoms. The molecule has 0 heterocycles. The minimum atomic E-state index is -0.582. The number of amides is 1. The number of carbonyl (C=O) groups excluding carboxylic acids is 1. The van der Waals surface area contributed by atoms with Crippen LogP contribution in [0.15, 0.2) is 60.3 Å². The molecule has 1 amide bonds.